The van der Waals surface area contributed by atoms with Crippen LogP contribution in [0.3, 0.4) is 0 Å². The number of anilines is 1. The Hall–Kier alpha value is -2.51. The maximum Gasteiger partial charge on any atom is 0.184 e. The molecule has 1 unspecified atom stereocenters. The van der Waals surface area contributed by atoms with Gasteiger partial charge < -0.3 is 29.2 Å². The average molecular weight is 358 g/mol. The van der Waals surface area contributed by atoms with Gasteiger partial charge in [-0.3, -0.25) is 4.79 Å². The van der Waals surface area contributed by atoms with E-state index in [0.29, 0.717) is 45.1 Å². The van der Waals surface area contributed by atoms with Gasteiger partial charge in [0.25, 0.3) is 0 Å². The summed E-state index contributed by atoms with van der Waals surface area (Å²) in [6.45, 7) is 3.00. The number of ether oxygens (including phenoxy) is 3. The van der Waals surface area contributed by atoms with E-state index >= 15 is 0 Å². The molecule has 0 saturated carbocycles. The van der Waals surface area contributed by atoms with Crippen molar-refractivity contribution in [3.8, 4) is 22.8 Å². The van der Waals surface area contributed by atoms with Crippen molar-refractivity contribution in [3.05, 3.63) is 40.1 Å². The maximum atomic E-state index is 12.2. The molecule has 3 heterocycles. The van der Waals surface area contributed by atoms with Crippen LogP contribution in [0.5, 0.6) is 11.5 Å². The van der Waals surface area contributed by atoms with E-state index < -0.39 is 0 Å². The molecule has 0 aliphatic carbocycles. The Morgan fingerprint density at radius 3 is 3.00 bits per heavy atom. The Morgan fingerprint density at radius 2 is 2.23 bits per heavy atom. The van der Waals surface area contributed by atoms with E-state index in [1.807, 2.05) is 6.07 Å². The van der Waals surface area contributed by atoms with Crippen LogP contribution in [0.2, 0.25) is 0 Å². The third-order valence-electron chi connectivity index (χ3n) is 4.86. The summed E-state index contributed by atoms with van der Waals surface area (Å²) in [5, 5.41) is 13.7. The Bertz CT molecular complexity index is 871. The van der Waals surface area contributed by atoms with Gasteiger partial charge in [-0.2, -0.15) is 0 Å². The van der Waals surface area contributed by atoms with Gasteiger partial charge in [0.05, 0.1) is 38.7 Å². The van der Waals surface area contributed by atoms with Gasteiger partial charge in [-0.05, 0) is 18.6 Å². The zero-order valence-electron chi connectivity index (χ0n) is 14.7. The van der Waals surface area contributed by atoms with Crippen molar-refractivity contribution < 1.29 is 19.3 Å². The van der Waals surface area contributed by atoms with Crippen LogP contribution in [0.15, 0.2) is 29.1 Å². The van der Waals surface area contributed by atoms with E-state index in [4.69, 9.17) is 14.2 Å². The SMILES string of the molecule is COc1ccc2c(c1O)CCn1c(NCC3COCCO3)cc(=O)cc1-2. The molecule has 1 fully saturated rings. The van der Waals surface area contributed by atoms with Crippen LogP contribution in [0.4, 0.5) is 5.82 Å². The van der Waals surface area contributed by atoms with Crippen molar-refractivity contribution in [1.82, 2.24) is 4.57 Å². The van der Waals surface area contributed by atoms with Gasteiger partial charge in [0, 0.05) is 36.3 Å². The highest BCUT2D eigenvalue weighted by Gasteiger charge is 2.23. The van der Waals surface area contributed by atoms with Crippen molar-refractivity contribution >= 4 is 5.82 Å². The highest BCUT2D eigenvalue weighted by molar-refractivity contribution is 5.72. The van der Waals surface area contributed by atoms with E-state index in [1.165, 1.54) is 7.11 Å². The minimum absolute atomic E-state index is 0.0282. The largest absolute Gasteiger partial charge is 0.504 e. The summed E-state index contributed by atoms with van der Waals surface area (Å²) in [4.78, 5) is 12.2. The van der Waals surface area contributed by atoms with Gasteiger partial charge in [-0.25, -0.2) is 0 Å². The Kier molecular flexibility index (Phi) is 4.57. The molecule has 0 radical (unpaired) electrons. The van der Waals surface area contributed by atoms with Gasteiger partial charge in [0.15, 0.2) is 16.9 Å². The average Bonchev–Trinajstić information content (AvgIpc) is 2.67. The molecule has 1 aromatic heterocycles. The van der Waals surface area contributed by atoms with Crippen molar-refractivity contribution in [1.29, 1.82) is 0 Å². The molecule has 7 nitrogen and oxygen atoms in total. The molecular weight excluding hydrogens is 336 g/mol. The van der Waals surface area contributed by atoms with E-state index in [2.05, 4.69) is 9.88 Å². The lowest BCUT2D eigenvalue weighted by Gasteiger charge is -2.28. The van der Waals surface area contributed by atoms with Crippen LogP contribution in [0.25, 0.3) is 11.3 Å². The summed E-state index contributed by atoms with van der Waals surface area (Å²) < 4.78 is 18.3. The lowest BCUT2D eigenvalue weighted by Crippen LogP contribution is -2.35. The lowest BCUT2D eigenvalue weighted by atomic mass is 9.95. The first-order valence-corrected chi connectivity index (χ1v) is 8.74. The van der Waals surface area contributed by atoms with E-state index in [0.717, 1.165) is 22.6 Å². The number of aromatic hydroxyl groups is 1. The Labute approximate surface area is 151 Å². The fourth-order valence-electron chi connectivity index (χ4n) is 3.58. The molecule has 4 rings (SSSR count). The van der Waals surface area contributed by atoms with E-state index in [9.17, 15) is 9.90 Å². The number of rotatable bonds is 4. The summed E-state index contributed by atoms with van der Waals surface area (Å²) in [6.07, 6.45) is 0.630. The molecule has 26 heavy (non-hydrogen) atoms. The number of hydrogen-bond donors (Lipinski definition) is 2. The molecule has 138 valence electrons. The Morgan fingerprint density at radius 1 is 1.35 bits per heavy atom. The molecule has 2 N–H and O–H groups in total. The van der Waals surface area contributed by atoms with Gasteiger partial charge >= 0.3 is 0 Å². The first kappa shape index (κ1) is 16.9. The lowest BCUT2D eigenvalue weighted by molar-refractivity contribution is -0.0819. The molecule has 1 aromatic carbocycles. The number of fused-ring (bicyclic) bond motifs is 3. The molecule has 0 bridgehead atoms. The van der Waals surface area contributed by atoms with Gasteiger partial charge in [0.2, 0.25) is 0 Å². The number of nitrogens with zero attached hydrogens (tertiary/aromatic N) is 1. The number of phenolic OH excluding ortho intramolecular Hbond substituents is 1. The summed E-state index contributed by atoms with van der Waals surface area (Å²) >= 11 is 0. The highest BCUT2D eigenvalue weighted by atomic mass is 16.6. The molecule has 1 saturated heterocycles. The fraction of sp³-hybridized carbons (Fsp3) is 0.421. The summed E-state index contributed by atoms with van der Waals surface area (Å²) in [5.41, 5.74) is 2.38. The van der Waals surface area contributed by atoms with Gasteiger partial charge in [0.1, 0.15) is 5.82 Å². The van der Waals surface area contributed by atoms with Crippen molar-refractivity contribution in [2.45, 2.75) is 19.1 Å². The van der Waals surface area contributed by atoms with E-state index in [1.54, 1.807) is 18.2 Å². The predicted molar refractivity (Wildman–Crippen MR) is 97.1 cm³/mol. The summed E-state index contributed by atoms with van der Waals surface area (Å²) in [6, 6.07) is 6.82. The number of benzene rings is 1. The number of phenols is 1. The fourth-order valence-corrected chi connectivity index (χ4v) is 3.58. The van der Waals surface area contributed by atoms with Crippen LogP contribution in [0, 0.1) is 0 Å². The van der Waals surface area contributed by atoms with Crippen LogP contribution in [0.1, 0.15) is 5.56 Å². The third-order valence-corrected chi connectivity index (χ3v) is 4.86. The molecule has 0 amide bonds. The molecular formula is C19H22N2O5. The van der Waals surface area contributed by atoms with Crippen LogP contribution < -0.4 is 15.5 Å². The smallest absolute Gasteiger partial charge is 0.184 e. The van der Waals surface area contributed by atoms with Crippen LogP contribution >= 0.6 is 0 Å². The topological polar surface area (TPSA) is 82.0 Å². The number of hydrogen-bond acceptors (Lipinski definition) is 6. The molecule has 7 heteroatoms. The van der Waals surface area contributed by atoms with Crippen molar-refractivity contribution in [2.24, 2.45) is 0 Å². The quantitative estimate of drug-likeness (QED) is 0.864. The first-order valence-electron chi connectivity index (χ1n) is 8.74. The minimum Gasteiger partial charge on any atom is -0.504 e. The van der Waals surface area contributed by atoms with Crippen molar-refractivity contribution in [2.75, 3.05) is 38.8 Å². The van der Waals surface area contributed by atoms with Crippen molar-refractivity contribution in [3.63, 3.8) is 0 Å². The molecule has 2 aliphatic heterocycles. The number of aromatic nitrogens is 1. The second-order valence-electron chi connectivity index (χ2n) is 6.45. The highest BCUT2D eigenvalue weighted by Crippen LogP contribution is 2.40. The van der Waals surface area contributed by atoms with Gasteiger partial charge in [-0.15, -0.1) is 0 Å². The Balaban J connectivity index is 1.68. The predicted octanol–water partition coefficient (Wildman–Crippen LogP) is 1.61. The second kappa shape index (κ2) is 7.01. The van der Waals surface area contributed by atoms with Crippen LogP contribution in [-0.2, 0) is 22.4 Å². The van der Waals surface area contributed by atoms with Gasteiger partial charge in [-0.1, -0.05) is 0 Å². The van der Waals surface area contributed by atoms with Crippen LogP contribution in [-0.4, -0.2) is 49.3 Å². The first-order chi connectivity index (χ1) is 12.7. The van der Waals surface area contributed by atoms with E-state index in [-0.39, 0.29) is 17.3 Å². The number of pyridine rings is 1. The molecule has 1 atom stereocenters. The molecule has 0 spiro atoms. The molecule has 2 aromatic rings. The number of methoxy groups -OCH3 is 1. The maximum absolute atomic E-state index is 12.2. The monoisotopic (exact) mass is 358 g/mol. The normalized spacial score (nSPS) is 18.7. The number of nitrogens with one attached hydrogen (secondary N) is 1. The zero-order valence-corrected chi connectivity index (χ0v) is 14.7. The second-order valence-corrected chi connectivity index (χ2v) is 6.45. The third kappa shape index (κ3) is 3.04. The standard InChI is InChI=1S/C19H22N2O5/c1-24-17-3-2-14-15(19(17)23)4-5-21-16(14)8-12(22)9-18(21)20-10-13-11-25-6-7-26-13/h2-3,8-9,13,20,23H,4-7,10-11H2,1H3. The molecule has 2 aliphatic rings. The zero-order chi connectivity index (χ0) is 18.1. The summed E-state index contributed by atoms with van der Waals surface area (Å²) in [5.74, 6) is 1.35. The summed E-state index contributed by atoms with van der Waals surface area (Å²) in [7, 11) is 1.53. The minimum atomic E-state index is -0.0808.